The summed E-state index contributed by atoms with van der Waals surface area (Å²) in [7, 11) is 0. The zero-order chi connectivity index (χ0) is 31.8. The van der Waals surface area contributed by atoms with Crippen LogP contribution in [0.15, 0.2) is 48.5 Å². The van der Waals surface area contributed by atoms with Gasteiger partial charge in [0.25, 0.3) is 11.8 Å². The third-order valence-electron chi connectivity index (χ3n) is 5.35. The number of halogens is 13. The summed E-state index contributed by atoms with van der Waals surface area (Å²) in [6.07, 6.45) is -13.3. The van der Waals surface area contributed by atoms with Crippen LogP contribution < -0.4 is 15.4 Å². The number of carbonyl (C=O) groups is 2. The van der Waals surface area contributed by atoms with E-state index in [2.05, 4.69) is 4.74 Å². The van der Waals surface area contributed by atoms with E-state index in [0.29, 0.717) is 0 Å². The number of hydrogen-bond donors (Lipinski definition) is 2. The molecule has 3 rings (SSSR count). The van der Waals surface area contributed by atoms with Crippen LogP contribution in [0, 0.1) is 11.6 Å². The van der Waals surface area contributed by atoms with Crippen LogP contribution in [-0.2, 0) is 5.67 Å². The second kappa shape index (κ2) is 11.8. The summed E-state index contributed by atoms with van der Waals surface area (Å²) < 4.78 is 152. The number of ether oxygens (including phenoxy) is 1. The second-order valence-electron chi connectivity index (χ2n) is 8.06. The Bertz CT molecular complexity index is 1510. The minimum Gasteiger partial charge on any atom is -0.433 e. The Hall–Kier alpha value is -3.79. The lowest BCUT2D eigenvalue weighted by Crippen LogP contribution is -2.50. The van der Waals surface area contributed by atoms with Gasteiger partial charge in [-0.1, -0.05) is 29.3 Å². The standard InChI is InChI=1S/C24H11Cl2F11N2O3/c25-10-4-5-14(27)12(8-10)20(41)38-15-3-1-2-11(17(15)28)19(40)39-18-13(26)6-9(7-16(18)42-21(29)30)22(31,23(32,33)34)24(35,36)37/h1-8,21H,(H,38,41)(H,39,40). The number of nitrogens with one attached hydrogen (secondary N) is 2. The van der Waals surface area contributed by atoms with E-state index in [1.54, 1.807) is 5.32 Å². The van der Waals surface area contributed by atoms with Crippen molar-refractivity contribution in [1.29, 1.82) is 0 Å². The molecule has 5 nitrogen and oxygen atoms in total. The Balaban J connectivity index is 2.02. The predicted molar refractivity (Wildman–Crippen MR) is 127 cm³/mol. The Kier molecular flexibility index (Phi) is 9.22. The van der Waals surface area contributed by atoms with Gasteiger partial charge in [0.1, 0.15) is 11.5 Å². The topological polar surface area (TPSA) is 67.4 Å². The van der Waals surface area contributed by atoms with E-state index in [1.165, 1.54) is 0 Å². The molecule has 0 spiro atoms. The molecule has 0 heterocycles. The molecule has 0 aliphatic rings. The van der Waals surface area contributed by atoms with Crippen molar-refractivity contribution in [2.75, 3.05) is 10.6 Å². The molecule has 2 N–H and O–H groups in total. The minimum atomic E-state index is -6.65. The van der Waals surface area contributed by atoms with Crippen molar-refractivity contribution in [1.82, 2.24) is 0 Å². The second-order valence-corrected chi connectivity index (χ2v) is 8.91. The van der Waals surface area contributed by atoms with Crippen molar-refractivity contribution >= 4 is 46.4 Å². The van der Waals surface area contributed by atoms with Crippen molar-refractivity contribution in [3.05, 3.63) is 86.9 Å². The fourth-order valence-electron chi connectivity index (χ4n) is 3.42. The summed E-state index contributed by atoms with van der Waals surface area (Å²) in [5, 5.41) is 2.24. The maximum absolute atomic E-state index is 15.1. The quantitative estimate of drug-likeness (QED) is 0.251. The van der Waals surface area contributed by atoms with Gasteiger partial charge >= 0.3 is 24.6 Å². The molecule has 0 aliphatic carbocycles. The van der Waals surface area contributed by atoms with Crippen molar-refractivity contribution in [2.45, 2.75) is 24.6 Å². The number of amides is 2. The van der Waals surface area contributed by atoms with Crippen molar-refractivity contribution in [3.63, 3.8) is 0 Å². The molecule has 0 saturated carbocycles. The van der Waals surface area contributed by atoms with Crippen molar-refractivity contribution in [2.24, 2.45) is 0 Å². The molecule has 0 aliphatic heterocycles. The average Bonchev–Trinajstić information content (AvgIpc) is 2.86. The monoisotopic (exact) mass is 654 g/mol. The van der Waals surface area contributed by atoms with E-state index < -0.39 is 93.0 Å². The maximum atomic E-state index is 15.1. The van der Waals surface area contributed by atoms with Gasteiger partial charge in [-0.2, -0.15) is 35.1 Å². The summed E-state index contributed by atoms with van der Waals surface area (Å²) in [6, 6.07) is 4.84. The van der Waals surface area contributed by atoms with E-state index in [4.69, 9.17) is 23.2 Å². The molecule has 0 fully saturated rings. The van der Waals surface area contributed by atoms with Gasteiger partial charge in [-0.3, -0.25) is 9.59 Å². The summed E-state index contributed by atoms with van der Waals surface area (Å²) >= 11 is 11.4. The zero-order valence-electron chi connectivity index (χ0n) is 19.8. The number of carbonyl (C=O) groups excluding carboxylic acids is 2. The SMILES string of the molecule is O=C(Nc1cccc(C(=O)Nc2c(Cl)cc(C(F)(C(F)(F)F)C(F)(F)F)cc2OC(F)F)c1F)c1cc(Cl)ccc1F. The molecular formula is C24H11Cl2F11N2O3. The molecule has 18 heteroatoms. The van der Waals surface area contributed by atoms with Gasteiger partial charge in [0.2, 0.25) is 0 Å². The van der Waals surface area contributed by atoms with Gasteiger partial charge < -0.3 is 15.4 Å². The minimum absolute atomic E-state index is 0.0599. The Morgan fingerprint density at radius 1 is 0.786 bits per heavy atom. The highest BCUT2D eigenvalue weighted by Crippen LogP contribution is 2.55. The molecule has 0 saturated heterocycles. The zero-order valence-corrected chi connectivity index (χ0v) is 21.3. The number of hydrogen-bond acceptors (Lipinski definition) is 3. The first kappa shape index (κ1) is 32.7. The molecule has 0 unspecified atom stereocenters. The van der Waals surface area contributed by atoms with E-state index in [1.807, 2.05) is 5.32 Å². The average molecular weight is 655 g/mol. The van der Waals surface area contributed by atoms with Gasteiger partial charge in [0.15, 0.2) is 11.6 Å². The fourth-order valence-corrected chi connectivity index (χ4v) is 3.85. The third-order valence-corrected chi connectivity index (χ3v) is 5.89. The molecule has 42 heavy (non-hydrogen) atoms. The van der Waals surface area contributed by atoms with Crippen LogP contribution in [0.5, 0.6) is 5.75 Å². The van der Waals surface area contributed by atoms with Crippen LogP contribution in [-0.4, -0.2) is 30.8 Å². The normalized spacial score (nSPS) is 12.3. The van der Waals surface area contributed by atoms with Gasteiger partial charge in [0.05, 0.1) is 21.8 Å². The lowest BCUT2D eigenvalue weighted by molar-refractivity contribution is -0.348. The molecule has 3 aromatic carbocycles. The number of rotatable bonds is 7. The number of anilines is 2. The predicted octanol–water partition coefficient (Wildman–Crippen LogP) is 8.67. The highest BCUT2D eigenvalue weighted by atomic mass is 35.5. The van der Waals surface area contributed by atoms with Crippen LogP contribution in [0.1, 0.15) is 26.3 Å². The van der Waals surface area contributed by atoms with Crippen LogP contribution >= 0.6 is 23.2 Å². The first-order chi connectivity index (χ1) is 19.3. The lowest BCUT2D eigenvalue weighted by Gasteiger charge is -2.31. The number of alkyl halides is 9. The van der Waals surface area contributed by atoms with E-state index in [0.717, 1.165) is 36.4 Å². The number of benzene rings is 3. The fraction of sp³-hybridized carbons (Fsp3) is 0.167. The molecule has 0 aromatic heterocycles. The summed E-state index contributed by atoms with van der Waals surface area (Å²) in [4.78, 5) is 25.1. The molecule has 0 bridgehead atoms. The van der Waals surface area contributed by atoms with Crippen LogP contribution in [0.25, 0.3) is 0 Å². The first-order valence-corrected chi connectivity index (χ1v) is 11.5. The third kappa shape index (κ3) is 6.48. The van der Waals surface area contributed by atoms with Crippen LogP contribution in [0.4, 0.5) is 59.7 Å². The molecule has 0 radical (unpaired) electrons. The highest BCUT2D eigenvalue weighted by molar-refractivity contribution is 6.34. The van der Waals surface area contributed by atoms with Gasteiger partial charge in [0, 0.05) is 10.6 Å². The van der Waals surface area contributed by atoms with Gasteiger partial charge in [-0.15, -0.1) is 0 Å². The van der Waals surface area contributed by atoms with Crippen molar-refractivity contribution < 1.29 is 62.6 Å². The maximum Gasteiger partial charge on any atom is 0.435 e. The molecular weight excluding hydrogens is 644 g/mol. The Morgan fingerprint density at radius 3 is 1.95 bits per heavy atom. The van der Waals surface area contributed by atoms with Crippen LogP contribution in [0.3, 0.4) is 0 Å². The molecule has 226 valence electrons. The van der Waals surface area contributed by atoms with Gasteiger partial charge in [-0.05, 0) is 42.5 Å². The largest absolute Gasteiger partial charge is 0.435 e. The first-order valence-electron chi connectivity index (χ1n) is 10.8. The molecule has 3 aromatic rings. The van der Waals surface area contributed by atoms with E-state index in [9.17, 15) is 53.5 Å². The van der Waals surface area contributed by atoms with E-state index >= 15 is 4.39 Å². The highest BCUT2D eigenvalue weighted by Gasteiger charge is 2.73. The van der Waals surface area contributed by atoms with Gasteiger partial charge in [-0.25, -0.2) is 13.2 Å². The van der Waals surface area contributed by atoms with E-state index in [-0.39, 0.29) is 11.1 Å². The lowest BCUT2D eigenvalue weighted by atomic mass is 9.93. The van der Waals surface area contributed by atoms with Crippen LogP contribution in [0.2, 0.25) is 10.0 Å². The summed E-state index contributed by atoms with van der Waals surface area (Å²) in [5.74, 6) is -7.01. The summed E-state index contributed by atoms with van der Waals surface area (Å²) in [6.45, 7) is -3.93. The Morgan fingerprint density at radius 2 is 1.38 bits per heavy atom. The summed E-state index contributed by atoms with van der Waals surface area (Å²) in [5.41, 5.74) is -11.9. The Labute approximate surface area is 237 Å². The molecule has 2 amide bonds. The molecule has 0 atom stereocenters. The smallest absolute Gasteiger partial charge is 0.433 e. The van der Waals surface area contributed by atoms with Crippen molar-refractivity contribution in [3.8, 4) is 5.75 Å².